The molecule has 0 saturated carbocycles. The molecule has 0 aliphatic heterocycles. The van der Waals surface area contributed by atoms with Crippen molar-refractivity contribution in [3.63, 3.8) is 0 Å². The van der Waals surface area contributed by atoms with E-state index in [2.05, 4.69) is 6.58 Å². The zero-order chi connectivity index (χ0) is 10.4. The number of benzene rings is 1. The molecule has 14 heavy (non-hydrogen) atoms. The average Bonchev–Trinajstić information content (AvgIpc) is 2.26. The molecular formula is C11H9NS2. The van der Waals surface area contributed by atoms with Crippen LogP contribution in [0.5, 0.6) is 0 Å². The Kier molecular flexibility index (Phi) is 4.37. The summed E-state index contributed by atoms with van der Waals surface area (Å²) in [6.45, 7) is 3.60. The maximum atomic E-state index is 8.51. The molecule has 0 radical (unpaired) electrons. The Morgan fingerprint density at radius 2 is 2.07 bits per heavy atom. The highest BCUT2D eigenvalue weighted by Gasteiger charge is 2.01. The van der Waals surface area contributed by atoms with Crippen LogP contribution in [0.25, 0.3) is 0 Å². The van der Waals surface area contributed by atoms with Crippen molar-refractivity contribution in [2.24, 2.45) is 0 Å². The van der Waals surface area contributed by atoms with Gasteiger partial charge in [-0.3, -0.25) is 0 Å². The maximum absolute atomic E-state index is 8.51. The number of hydrogen-bond acceptors (Lipinski definition) is 3. The van der Waals surface area contributed by atoms with Gasteiger partial charge >= 0.3 is 0 Å². The summed E-state index contributed by atoms with van der Waals surface area (Å²) in [6, 6.07) is 11.8. The molecular weight excluding hydrogens is 210 g/mol. The summed E-state index contributed by atoms with van der Waals surface area (Å²) in [5.74, 6) is 0.574. The molecule has 0 heterocycles. The molecule has 1 rings (SSSR count). The van der Waals surface area contributed by atoms with E-state index in [1.165, 1.54) is 11.8 Å². The fourth-order valence-electron chi connectivity index (χ4n) is 0.843. The van der Waals surface area contributed by atoms with Gasteiger partial charge in [-0.2, -0.15) is 5.26 Å². The van der Waals surface area contributed by atoms with Crippen LogP contribution < -0.4 is 0 Å². The van der Waals surface area contributed by atoms with Gasteiger partial charge in [0.2, 0.25) is 0 Å². The zero-order valence-electron chi connectivity index (χ0n) is 7.56. The molecule has 0 saturated heterocycles. The molecule has 1 nitrogen and oxygen atoms in total. The number of thioether (sulfide) groups is 1. The first-order valence-electron chi connectivity index (χ1n) is 4.04. The second-order valence-corrected chi connectivity index (χ2v) is 4.31. The van der Waals surface area contributed by atoms with Crippen LogP contribution in [0.2, 0.25) is 0 Å². The molecule has 0 unspecified atom stereocenters. The summed E-state index contributed by atoms with van der Waals surface area (Å²) in [4.78, 5) is 0. The van der Waals surface area contributed by atoms with Crippen molar-refractivity contribution in [1.29, 1.82) is 5.26 Å². The smallest absolute Gasteiger partial charge is 0.0949 e. The van der Waals surface area contributed by atoms with E-state index in [0.29, 0.717) is 11.3 Å². The Hall–Kier alpha value is -1.11. The molecule has 0 aromatic heterocycles. The lowest BCUT2D eigenvalue weighted by atomic mass is 10.2. The summed E-state index contributed by atoms with van der Waals surface area (Å²) in [5, 5.41) is 8.51. The third-order valence-electron chi connectivity index (χ3n) is 1.55. The van der Waals surface area contributed by atoms with Gasteiger partial charge in [0.15, 0.2) is 0 Å². The minimum absolute atomic E-state index is 0.549. The Morgan fingerprint density at radius 3 is 2.64 bits per heavy atom. The van der Waals surface area contributed by atoms with Gasteiger partial charge in [0.25, 0.3) is 0 Å². The van der Waals surface area contributed by atoms with Crippen molar-refractivity contribution in [1.82, 2.24) is 0 Å². The highest BCUT2D eigenvalue weighted by atomic mass is 32.2. The third kappa shape index (κ3) is 3.33. The van der Waals surface area contributed by atoms with Crippen LogP contribution in [-0.2, 0) is 0 Å². The summed E-state index contributed by atoms with van der Waals surface area (Å²) >= 11 is 6.67. The Balaban J connectivity index is 2.53. The average molecular weight is 219 g/mol. The largest absolute Gasteiger partial charge is 0.193 e. The first-order valence-corrected chi connectivity index (χ1v) is 5.43. The molecule has 0 aliphatic rings. The molecule has 0 N–H and O–H groups in total. The summed E-state index contributed by atoms with van der Waals surface area (Å²) in [7, 11) is 0. The maximum Gasteiger partial charge on any atom is 0.0949 e. The minimum atomic E-state index is 0.549. The van der Waals surface area contributed by atoms with E-state index in [9.17, 15) is 0 Å². The quantitative estimate of drug-likeness (QED) is 0.576. The fraction of sp³-hybridized carbons (Fsp3) is 0.0909. The van der Waals surface area contributed by atoms with Crippen molar-refractivity contribution >= 4 is 28.2 Å². The molecule has 0 atom stereocenters. The molecule has 0 amide bonds. The van der Waals surface area contributed by atoms with Crippen molar-refractivity contribution in [2.75, 3.05) is 5.75 Å². The van der Waals surface area contributed by atoms with E-state index in [-0.39, 0.29) is 0 Å². The number of hydrogen-bond donors (Lipinski definition) is 0. The Morgan fingerprint density at radius 1 is 1.43 bits per heavy atom. The fourth-order valence-corrected chi connectivity index (χ4v) is 1.83. The van der Waals surface area contributed by atoms with Crippen molar-refractivity contribution in [2.45, 2.75) is 0 Å². The first-order chi connectivity index (χ1) is 6.74. The topological polar surface area (TPSA) is 23.8 Å². The van der Waals surface area contributed by atoms with Gasteiger partial charge < -0.3 is 0 Å². The van der Waals surface area contributed by atoms with E-state index < -0.39 is 0 Å². The van der Waals surface area contributed by atoms with Crippen LogP contribution in [-0.4, -0.2) is 9.95 Å². The first kappa shape index (κ1) is 11.0. The SMILES string of the molecule is C=C(C#N)CSC(=S)c1ccccc1. The van der Waals surface area contributed by atoms with E-state index in [0.717, 1.165) is 9.76 Å². The van der Waals surface area contributed by atoms with E-state index in [1.807, 2.05) is 36.4 Å². The second-order valence-electron chi connectivity index (χ2n) is 2.66. The van der Waals surface area contributed by atoms with E-state index in [4.69, 9.17) is 17.5 Å². The lowest BCUT2D eigenvalue weighted by Gasteiger charge is -2.01. The van der Waals surface area contributed by atoms with Crippen molar-refractivity contribution in [3.05, 3.63) is 48.0 Å². The van der Waals surface area contributed by atoms with Gasteiger partial charge in [0, 0.05) is 11.3 Å². The van der Waals surface area contributed by atoms with Crippen LogP contribution in [0.4, 0.5) is 0 Å². The van der Waals surface area contributed by atoms with Gasteiger partial charge in [0.05, 0.1) is 10.3 Å². The third-order valence-corrected chi connectivity index (χ3v) is 3.13. The van der Waals surface area contributed by atoms with Crippen molar-refractivity contribution in [3.8, 4) is 6.07 Å². The standard InChI is InChI=1S/C11H9NS2/c1-9(7-12)8-14-11(13)10-5-3-2-4-6-10/h2-6H,1,8H2. The van der Waals surface area contributed by atoms with E-state index in [1.54, 1.807) is 0 Å². The molecule has 70 valence electrons. The highest BCUT2D eigenvalue weighted by Crippen LogP contribution is 2.15. The zero-order valence-corrected chi connectivity index (χ0v) is 9.20. The summed E-state index contributed by atoms with van der Waals surface area (Å²) in [5.41, 5.74) is 1.58. The van der Waals surface area contributed by atoms with Crippen LogP contribution in [0.15, 0.2) is 42.5 Å². The molecule has 1 aromatic carbocycles. The van der Waals surface area contributed by atoms with Crippen LogP contribution in [0.3, 0.4) is 0 Å². The summed E-state index contributed by atoms with van der Waals surface area (Å²) < 4.78 is 0.807. The molecule has 1 aromatic rings. The van der Waals surface area contributed by atoms with Crippen molar-refractivity contribution < 1.29 is 0 Å². The molecule has 0 bridgehead atoms. The van der Waals surface area contributed by atoms with Gasteiger partial charge in [0.1, 0.15) is 0 Å². The number of nitriles is 1. The molecule has 0 aliphatic carbocycles. The van der Waals surface area contributed by atoms with Crippen LogP contribution >= 0.6 is 24.0 Å². The predicted octanol–water partition coefficient (Wildman–Crippen LogP) is 3.18. The van der Waals surface area contributed by atoms with Gasteiger partial charge in [-0.15, -0.1) is 11.8 Å². The monoisotopic (exact) mass is 219 g/mol. The number of nitrogens with zero attached hydrogens (tertiary/aromatic N) is 1. The molecule has 0 spiro atoms. The lowest BCUT2D eigenvalue weighted by molar-refractivity contribution is 1.47. The molecule has 0 fully saturated rings. The summed E-state index contributed by atoms with van der Waals surface area (Å²) in [6.07, 6.45) is 0. The predicted molar refractivity (Wildman–Crippen MR) is 65.4 cm³/mol. The minimum Gasteiger partial charge on any atom is -0.193 e. The van der Waals surface area contributed by atoms with E-state index >= 15 is 0 Å². The molecule has 3 heteroatoms. The number of rotatable bonds is 3. The normalized spacial score (nSPS) is 9.07. The number of thiocarbonyl (C=S) groups is 1. The Bertz CT molecular complexity index is 376. The van der Waals surface area contributed by atoms with Gasteiger partial charge in [-0.05, 0) is 5.56 Å². The van der Waals surface area contributed by atoms with Crippen LogP contribution in [0.1, 0.15) is 5.56 Å². The highest BCUT2D eigenvalue weighted by molar-refractivity contribution is 8.23. The second kappa shape index (κ2) is 5.58. The van der Waals surface area contributed by atoms with Gasteiger partial charge in [-0.1, -0.05) is 49.1 Å². The Labute approximate surface area is 93.4 Å². The van der Waals surface area contributed by atoms with Crippen LogP contribution in [0, 0.1) is 11.3 Å². The lowest BCUT2D eigenvalue weighted by Crippen LogP contribution is -1.93. The van der Waals surface area contributed by atoms with Gasteiger partial charge in [-0.25, -0.2) is 0 Å².